The zero-order chi connectivity index (χ0) is 13.8. The lowest BCUT2D eigenvalue weighted by molar-refractivity contribution is 0.0402. The van der Waals surface area contributed by atoms with Gasteiger partial charge in [0, 0.05) is 17.7 Å². The van der Waals surface area contributed by atoms with Gasteiger partial charge in [-0.25, -0.2) is 0 Å². The van der Waals surface area contributed by atoms with Crippen LogP contribution in [0.25, 0.3) is 0 Å². The monoisotopic (exact) mass is 251 g/mol. The van der Waals surface area contributed by atoms with Crippen LogP contribution in [0.3, 0.4) is 0 Å². The number of benzene rings is 1. The van der Waals surface area contributed by atoms with Crippen LogP contribution in [0.15, 0.2) is 47.6 Å². The van der Waals surface area contributed by atoms with Crippen LogP contribution in [0.1, 0.15) is 31.9 Å². The van der Waals surface area contributed by atoms with E-state index in [1.807, 2.05) is 0 Å². The molecule has 18 heavy (non-hydrogen) atoms. The summed E-state index contributed by atoms with van der Waals surface area (Å²) in [6.07, 6.45) is 3.15. The molecule has 1 rings (SSSR count). The Bertz CT molecular complexity index is 473. The van der Waals surface area contributed by atoms with E-state index in [1.165, 1.54) is 18.2 Å². The molecule has 0 radical (unpaired) electrons. The van der Waals surface area contributed by atoms with Gasteiger partial charge in [-0.1, -0.05) is 30.4 Å². The Morgan fingerprint density at radius 2 is 1.94 bits per heavy atom. The number of hydrogen-bond acceptors (Lipinski definition) is 1. The number of nitrogens with two attached hydrogens (primary N) is 1. The number of halogens is 2. The zero-order valence-corrected chi connectivity index (χ0v) is 11.0. The van der Waals surface area contributed by atoms with Crippen molar-refractivity contribution in [1.82, 2.24) is 0 Å². The second-order valence-electron chi connectivity index (χ2n) is 4.15. The van der Waals surface area contributed by atoms with E-state index in [0.29, 0.717) is 11.1 Å². The van der Waals surface area contributed by atoms with Crippen LogP contribution in [0.5, 0.6) is 0 Å². The van der Waals surface area contributed by atoms with E-state index in [2.05, 4.69) is 0 Å². The maximum atomic E-state index is 14.4. The van der Waals surface area contributed by atoms with Crippen molar-refractivity contribution >= 4 is 0 Å². The van der Waals surface area contributed by atoms with E-state index in [1.54, 1.807) is 39.0 Å². The minimum Gasteiger partial charge on any atom is -0.326 e. The molecule has 0 saturated carbocycles. The third-order valence-corrected chi connectivity index (χ3v) is 3.01. The molecule has 1 aromatic carbocycles. The highest BCUT2D eigenvalue weighted by molar-refractivity contribution is 5.41. The second kappa shape index (κ2) is 5.91. The Morgan fingerprint density at radius 1 is 1.28 bits per heavy atom. The van der Waals surface area contributed by atoms with E-state index in [0.717, 1.165) is 0 Å². The van der Waals surface area contributed by atoms with Gasteiger partial charge in [0.2, 0.25) is 0 Å². The molecule has 0 fully saturated rings. The molecule has 0 bridgehead atoms. The van der Waals surface area contributed by atoms with Gasteiger partial charge in [0.1, 0.15) is 0 Å². The van der Waals surface area contributed by atoms with Crippen LogP contribution in [-0.4, -0.2) is 0 Å². The Morgan fingerprint density at radius 3 is 2.44 bits per heavy atom. The molecule has 1 aromatic rings. The van der Waals surface area contributed by atoms with Crippen molar-refractivity contribution in [3.8, 4) is 0 Å². The fourth-order valence-electron chi connectivity index (χ4n) is 1.86. The molecule has 0 unspecified atom stereocenters. The van der Waals surface area contributed by atoms with Crippen LogP contribution >= 0.6 is 0 Å². The number of rotatable bonds is 4. The lowest BCUT2D eigenvalue weighted by atomic mass is 9.93. The molecular weight excluding hydrogens is 232 g/mol. The Hall–Kier alpha value is -1.48. The molecule has 0 aliphatic rings. The summed E-state index contributed by atoms with van der Waals surface area (Å²) in [6, 6.07) is 6.26. The van der Waals surface area contributed by atoms with Crippen LogP contribution in [0.4, 0.5) is 8.78 Å². The average Bonchev–Trinajstić information content (AvgIpc) is 2.39. The van der Waals surface area contributed by atoms with Crippen molar-refractivity contribution in [3.63, 3.8) is 0 Å². The molecule has 2 N–H and O–H groups in total. The highest BCUT2D eigenvalue weighted by atomic mass is 19.3. The van der Waals surface area contributed by atoms with Gasteiger partial charge in [-0.15, -0.1) is 0 Å². The van der Waals surface area contributed by atoms with Gasteiger partial charge >= 0.3 is 0 Å². The van der Waals surface area contributed by atoms with Crippen molar-refractivity contribution in [2.45, 2.75) is 33.2 Å². The summed E-state index contributed by atoms with van der Waals surface area (Å²) < 4.78 is 28.8. The zero-order valence-electron chi connectivity index (χ0n) is 11.0. The van der Waals surface area contributed by atoms with E-state index in [-0.39, 0.29) is 17.7 Å². The number of allylic oxidation sites excluding steroid dienone is 4. The first-order valence-corrected chi connectivity index (χ1v) is 5.94. The quantitative estimate of drug-likeness (QED) is 0.799. The fourth-order valence-corrected chi connectivity index (χ4v) is 1.86. The average molecular weight is 251 g/mol. The van der Waals surface area contributed by atoms with E-state index < -0.39 is 5.92 Å². The van der Waals surface area contributed by atoms with Gasteiger partial charge in [-0.05, 0) is 38.0 Å². The Balaban J connectivity index is 3.27. The van der Waals surface area contributed by atoms with Crippen LogP contribution in [-0.2, 0) is 12.5 Å². The molecule has 0 aliphatic heterocycles. The third-order valence-electron chi connectivity index (χ3n) is 3.01. The van der Waals surface area contributed by atoms with Crippen molar-refractivity contribution in [1.29, 1.82) is 0 Å². The normalized spacial score (nSPS) is 13.9. The first-order valence-electron chi connectivity index (χ1n) is 5.94. The maximum Gasteiger partial charge on any atom is 0.298 e. The molecule has 0 amide bonds. The second-order valence-corrected chi connectivity index (χ2v) is 4.15. The summed E-state index contributed by atoms with van der Waals surface area (Å²) in [5.74, 6) is -2.99. The topological polar surface area (TPSA) is 26.0 Å². The predicted octanol–water partition coefficient (Wildman–Crippen LogP) is 4.15. The number of hydrogen-bond donors (Lipinski definition) is 1. The van der Waals surface area contributed by atoms with E-state index >= 15 is 0 Å². The van der Waals surface area contributed by atoms with Crippen LogP contribution in [0, 0.1) is 0 Å². The molecule has 0 heterocycles. The smallest absolute Gasteiger partial charge is 0.298 e. The Labute approximate surface area is 107 Å². The van der Waals surface area contributed by atoms with Crippen LogP contribution < -0.4 is 5.73 Å². The molecule has 0 atom stereocenters. The van der Waals surface area contributed by atoms with Gasteiger partial charge in [0.05, 0.1) is 0 Å². The highest BCUT2D eigenvalue weighted by Gasteiger charge is 2.36. The van der Waals surface area contributed by atoms with Crippen LogP contribution in [0.2, 0.25) is 0 Å². The minimum absolute atomic E-state index is 0.0141. The SMILES string of the molecule is C/C=C(C)\C(=C/C)C(F)(F)c1cccc(CN)c1. The molecule has 98 valence electrons. The first-order chi connectivity index (χ1) is 8.47. The Kier molecular flexibility index (Phi) is 4.79. The maximum absolute atomic E-state index is 14.4. The summed E-state index contributed by atoms with van der Waals surface area (Å²) in [5, 5.41) is 0. The van der Waals surface area contributed by atoms with Crippen molar-refractivity contribution < 1.29 is 8.78 Å². The predicted molar refractivity (Wildman–Crippen MR) is 71.4 cm³/mol. The fraction of sp³-hybridized carbons (Fsp3) is 0.333. The molecule has 0 saturated heterocycles. The molecule has 0 aromatic heterocycles. The highest BCUT2D eigenvalue weighted by Crippen LogP contribution is 2.39. The van der Waals surface area contributed by atoms with E-state index in [9.17, 15) is 8.78 Å². The summed E-state index contributed by atoms with van der Waals surface area (Å²) >= 11 is 0. The molecule has 0 spiro atoms. The molecule has 1 nitrogen and oxygen atoms in total. The van der Waals surface area contributed by atoms with Crippen molar-refractivity contribution in [2.75, 3.05) is 0 Å². The molecular formula is C15H19F2N. The standard InChI is InChI=1S/C15H19F2N/c1-4-11(3)14(5-2)15(16,17)13-8-6-7-12(9-13)10-18/h4-9H,10,18H2,1-3H3/b11-4-,14-5+. The van der Waals surface area contributed by atoms with Crippen molar-refractivity contribution in [2.24, 2.45) is 5.73 Å². The summed E-state index contributed by atoms with van der Waals surface area (Å²) in [6.45, 7) is 5.34. The van der Waals surface area contributed by atoms with Gasteiger partial charge in [0.15, 0.2) is 0 Å². The van der Waals surface area contributed by atoms with E-state index in [4.69, 9.17) is 5.73 Å². The summed E-state index contributed by atoms with van der Waals surface area (Å²) in [7, 11) is 0. The molecule has 3 heteroatoms. The summed E-state index contributed by atoms with van der Waals surface area (Å²) in [5.41, 5.74) is 6.81. The van der Waals surface area contributed by atoms with Gasteiger partial charge in [0.25, 0.3) is 5.92 Å². The minimum atomic E-state index is -2.99. The summed E-state index contributed by atoms with van der Waals surface area (Å²) in [4.78, 5) is 0. The van der Waals surface area contributed by atoms with Crippen molar-refractivity contribution in [3.05, 3.63) is 58.7 Å². The first kappa shape index (κ1) is 14.6. The van der Waals surface area contributed by atoms with Gasteiger partial charge < -0.3 is 5.73 Å². The lowest BCUT2D eigenvalue weighted by Crippen LogP contribution is -2.18. The third kappa shape index (κ3) is 2.85. The number of alkyl halides is 2. The van der Waals surface area contributed by atoms with Gasteiger partial charge in [-0.2, -0.15) is 8.78 Å². The lowest BCUT2D eigenvalue weighted by Gasteiger charge is -2.21. The largest absolute Gasteiger partial charge is 0.326 e. The van der Waals surface area contributed by atoms with Gasteiger partial charge in [-0.3, -0.25) is 0 Å². The molecule has 0 aliphatic carbocycles.